The van der Waals surface area contributed by atoms with Gasteiger partial charge in [0.05, 0.1) is 37.1 Å². The lowest BCUT2D eigenvalue weighted by molar-refractivity contribution is -0.906. The molecule has 0 saturated carbocycles. The fourth-order valence-electron chi connectivity index (χ4n) is 3.88. The van der Waals surface area contributed by atoms with Crippen molar-refractivity contribution < 1.29 is 14.4 Å². The summed E-state index contributed by atoms with van der Waals surface area (Å²) in [5, 5.41) is 8.36. The van der Waals surface area contributed by atoms with Crippen molar-refractivity contribution >= 4 is 28.3 Å². The highest BCUT2D eigenvalue weighted by Gasteiger charge is 2.24. The van der Waals surface area contributed by atoms with Crippen molar-refractivity contribution in [3.8, 4) is 5.75 Å². The topological polar surface area (TPSA) is 80.7 Å². The molecule has 0 amide bonds. The average molecular weight is 412 g/mol. The second kappa shape index (κ2) is 8.16. The van der Waals surface area contributed by atoms with Crippen LogP contribution in [0, 0.1) is 0 Å². The Labute approximate surface area is 172 Å². The number of quaternary nitrogens is 1. The van der Waals surface area contributed by atoms with E-state index in [1.807, 2.05) is 18.2 Å². The molecule has 3 heterocycles. The molecule has 1 aliphatic carbocycles. The van der Waals surface area contributed by atoms with E-state index >= 15 is 0 Å². The number of aromatic amines is 1. The first-order valence-electron chi connectivity index (χ1n) is 9.91. The minimum Gasteiger partial charge on any atom is -0.456 e. The monoisotopic (exact) mass is 411 g/mol. The van der Waals surface area contributed by atoms with E-state index in [1.54, 1.807) is 22.9 Å². The predicted molar refractivity (Wildman–Crippen MR) is 114 cm³/mol. The van der Waals surface area contributed by atoms with Gasteiger partial charge in [-0.25, -0.2) is 5.10 Å². The lowest BCUT2D eigenvalue weighted by atomic mass is 10.0. The largest absolute Gasteiger partial charge is 0.456 e. The van der Waals surface area contributed by atoms with Crippen LogP contribution in [0.25, 0.3) is 16.3 Å². The van der Waals surface area contributed by atoms with Gasteiger partial charge >= 0.3 is 0 Å². The number of allylic oxidation sites excluding steroid dienone is 5. The molecule has 7 nitrogen and oxygen atoms in total. The predicted octanol–water partition coefficient (Wildman–Crippen LogP) is 1.02. The van der Waals surface area contributed by atoms with Gasteiger partial charge in [-0.15, -0.1) is 0 Å². The Balaban J connectivity index is 1.36. The molecular weight excluding hydrogens is 388 g/mol. The maximum atomic E-state index is 12.2. The third-order valence-electron chi connectivity index (χ3n) is 5.39. The average Bonchev–Trinajstić information content (AvgIpc) is 2.96. The number of morpholine rings is 1. The smallest absolute Gasteiger partial charge is 0.272 e. The van der Waals surface area contributed by atoms with Crippen LogP contribution in [0.2, 0.25) is 0 Å². The Hall–Kier alpha value is -2.39. The number of aromatic nitrogens is 2. The molecule has 2 aliphatic heterocycles. The van der Waals surface area contributed by atoms with Gasteiger partial charge in [-0.05, 0) is 42.7 Å². The highest BCUT2D eigenvalue weighted by Crippen LogP contribution is 2.40. The molecule has 0 unspecified atom stereocenters. The molecule has 1 aromatic heterocycles. The van der Waals surface area contributed by atoms with Crippen molar-refractivity contribution in [1.82, 2.24) is 14.9 Å². The van der Waals surface area contributed by atoms with Gasteiger partial charge in [-0.3, -0.25) is 9.52 Å². The molecule has 2 aromatic rings. The molecule has 1 aromatic carbocycles. The Bertz CT molecular complexity index is 1080. The van der Waals surface area contributed by atoms with Crippen molar-refractivity contribution in [2.24, 2.45) is 0 Å². The molecule has 0 atom stereocenters. The third-order valence-corrected chi connectivity index (χ3v) is 6.29. The highest BCUT2D eigenvalue weighted by molar-refractivity contribution is 8.01. The summed E-state index contributed by atoms with van der Waals surface area (Å²) in [6.07, 6.45) is 7.03. The molecule has 5 rings (SSSR count). The SMILES string of the molecule is O=c1[nH]nc2c3c(cccc13)OC1=C2C=C(SNCC[NH+]2CCOCC2)CC=C1. The van der Waals surface area contributed by atoms with E-state index in [2.05, 4.69) is 27.1 Å². The Morgan fingerprint density at radius 2 is 2.17 bits per heavy atom. The number of nitrogens with zero attached hydrogens (tertiary/aromatic N) is 1. The van der Waals surface area contributed by atoms with Gasteiger partial charge in [0.15, 0.2) is 0 Å². The third kappa shape index (κ3) is 3.76. The fraction of sp³-hybridized carbons (Fsp3) is 0.333. The zero-order valence-corrected chi connectivity index (χ0v) is 16.8. The van der Waals surface area contributed by atoms with Gasteiger partial charge in [-0.1, -0.05) is 12.1 Å². The van der Waals surface area contributed by atoms with Crippen LogP contribution >= 0.6 is 11.9 Å². The molecule has 1 fully saturated rings. The lowest BCUT2D eigenvalue weighted by Gasteiger charge is -2.23. The quantitative estimate of drug-likeness (QED) is 0.504. The van der Waals surface area contributed by atoms with Gasteiger partial charge < -0.3 is 14.4 Å². The summed E-state index contributed by atoms with van der Waals surface area (Å²) in [6.45, 7) is 5.91. The van der Waals surface area contributed by atoms with Crippen LogP contribution in [-0.4, -0.2) is 49.6 Å². The number of fused-ring (bicyclic) bond motifs is 1. The van der Waals surface area contributed by atoms with Gasteiger partial charge in [0.25, 0.3) is 5.56 Å². The summed E-state index contributed by atoms with van der Waals surface area (Å²) in [5.74, 6) is 1.44. The van der Waals surface area contributed by atoms with Crippen LogP contribution in [0.4, 0.5) is 0 Å². The summed E-state index contributed by atoms with van der Waals surface area (Å²) in [6, 6.07) is 5.52. The number of benzene rings is 1. The summed E-state index contributed by atoms with van der Waals surface area (Å²) in [4.78, 5) is 14.9. The van der Waals surface area contributed by atoms with Crippen LogP contribution < -0.4 is 19.9 Å². The normalized spacial score (nSPS) is 19.0. The Morgan fingerprint density at radius 1 is 1.28 bits per heavy atom. The number of hydrogen-bond donors (Lipinski definition) is 3. The maximum Gasteiger partial charge on any atom is 0.272 e. The molecule has 150 valence electrons. The summed E-state index contributed by atoms with van der Waals surface area (Å²) >= 11 is 1.65. The van der Waals surface area contributed by atoms with Gasteiger partial charge in [0.1, 0.15) is 30.3 Å². The molecule has 8 heteroatoms. The van der Waals surface area contributed by atoms with Crippen molar-refractivity contribution in [1.29, 1.82) is 0 Å². The van der Waals surface area contributed by atoms with E-state index in [0.717, 1.165) is 68.2 Å². The molecule has 29 heavy (non-hydrogen) atoms. The van der Waals surface area contributed by atoms with Crippen molar-refractivity contribution in [2.45, 2.75) is 6.42 Å². The molecule has 1 saturated heterocycles. The molecule has 0 bridgehead atoms. The molecule has 0 spiro atoms. The lowest BCUT2D eigenvalue weighted by Crippen LogP contribution is -3.14. The first-order valence-corrected chi connectivity index (χ1v) is 10.7. The first kappa shape index (κ1) is 18.6. The number of hydrogen-bond acceptors (Lipinski definition) is 6. The van der Waals surface area contributed by atoms with Gasteiger partial charge in [0, 0.05) is 10.5 Å². The second-order valence-electron chi connectivity index (χ2n) is 7.29. The van der Waals surface area contributed by atoms with E-state index in [1.165, 1.54) is 4.91 Å². The van der Waals surface area contributed by atoms with Gasteiger partial charge in [-0.2, -0.15) is 5.10 Å². The summed E-state index contributed by atoms with van der Waals surface area (Å²) in [7, 11) is 0. The van der Waals surface area contributed by atoms with E-state index in [0.29, 0.717) is 11.1 Å². The summed E-state index contributed by atoms with van der Waals surface area (Å²) in [5.41, 5.74) is 1.47. The van der Waals surface area contributed by atoms with Crippen LogP contribution in [0.3, 0.4) is 0 Å². The van der Waals surface area contributed by atoms with Crippen molar-refractivity contribution in [3.63, 3.8) is 0 Å². The maximum absolute atomic E-state index is 12.2. The summed E-state index contributed by atoms with van der Waals surface area (Å²) < 4.78 is 15.0. The number of rotatable bonds is 5. The Morgan fingerprint density at radius 3 is 3.07 bits per heavy atom. The fourth-order valence-corrected chi connectivity index (χ4v) is 4.62. The first-order chi connectivity index (χ1) is 14.3. The van der Waals surface area contributed by atoms with Crippen molar-refractivity contribution in [3.05, 3.63) is 63.1 Å². The molecular formula is C21H23N4O3S+. The van der Waals surface area contributed by atoms with E-state index in [-0.39, 0.29) is 5.56 Å². The van der Waals surface area contributed by atoms with Crippen LogP contribution in [0.1, 0.15) is 12.1 Å². The van der Waals surface area contributed by atoms with Crippen LogP contribution in [-0.2, 0) is 4.74 Å². The number of nitrogens with one attached hydrogen (secondary N) is 3. The second-order valence-corrected chi connectivity index (χ2v) is 8.30. The van der Waals surface area contributed by atoms with Crippen molar-refractivity contribution in [2.75, 3.05) is 39.4 Å². The zero-order valence-electron chi connectivity index (χ0n) is 16.0. The van der Waals surface area contributed by atoms with E-state index in [4.69, 9.17) is 9.47 Å². The van der Waals surface area contributed by atoms with Crippen LogP contribution in [0.15, 0.2) is 51.9 Å². The van der Waals surface area contributed by atoms with Crippen LogP contribution in [0.5, 0.6) is 5.75 Å². The number of H-pyrrole nitrogens is 1. The molecule has 3 aliphatic rings. The number of ether oxygens (including phenoxy) is 2. The standard InChI is InChI=1S/C21H22N4O3S/c26-21-15-4-2-6-18-19(15)20(23-24-21)16-13-14(3-1-5-17(16)28-18)29-22-7-8-25-9-11-27-12-10-25/h1-2,4-6,13,22H,3,7-12H2,(H,24,26)/p+1. The zero-order chi connectivity index (χ0) is 19.6. The Kier molecular flexibility index (Phi) is 5.24. The molecule has 0 radical (unpaired) electrons. The minimum absolute atomic E-state index is 0.201. The highest BCUT2D eigenvalue weighted by atomic mass is 32.2. The van der Waals surface area contributed by atoms with Gasteiger partial charge in [0.2, 0.25) is 0 Å². The van der Waals surface area contributed by atoms with E-state index in [9.17, 15) is 4.79 Å². The van der Waals surface area contributed by atoms with E-state index < -0.39 is 0 Å². The minimum atomic E-state index is -0.201. The molecule has 3 N–H and O–H groups in total.